The third-order valence-electron chi connectivity index (χ3n) is 5.22. The number of aromatic nitrogens is 4. The highest BCUT2D eigenvalue weighted by Crippen LogP contribution is 2.36. The molecule has 0 amide bonds. The van der Waals surface area contributed by atoms with Gasteiger partial charge in [-0.05, 0) is 59.9 Å². The van der Waals surface area contributed by atoms with Gasteiger partial charge in [-0.25, -0.2) is 23.1 Å². The van der Waals surface area contributed by atoms with Crippen LogP contribution in [-0.2, 0) is 10.0 Å². The number of nitrogens with zero attached hydrogens (tertiary/aromatic N) is 4. The predicted octanol–water partition coefficient (Wildman–Crippen LogP) is 1.98. The number of hydrogen-bond acceptors (Lipinski definition) is 8. The fraction of sp³-hybridized carbons (Fsp3) is 0.389. The van der Waals surface area contributed by atoms with Gasteiger partial charge in [-0.1, -0.05) is 0 Å². The molecule has 1 atom stereocenters. The lowest BCUT2D eigenvalue weighted by Crippen LogP contribution is -2.37. The standard InChI is InChI=1S/C18H22BrN7O3S/c1-20-30(28,29)12-4-5-14(26-6-2-3-11(8-26)9-27)13(7-12)23-17-15-16(19)24-25-18(15)22-10-21-17/h4-5,7,10-11,20,27H,2-3,6,8-9H2,1H3,(H2,21,22,23,24,25). The van der Waals surface area contributed by atoms with Crippen LogP contribution >= 0.6 is 15.9 Å². The first kappa shape index (κ1) is 21.0. The first-order valence-electron chi connectivity index (χ1n) is 9.48. The summed E-state index contributed by atoms with van der Waals surface area (Å²) in [6.45, 7) is 1.63. The molecule has 2 aromatic heterocycles. The molecule has 0 aliphatic carbocycles. The van der Waals surface area contributed by atoms with E-state index in [9.17, 15) is 13.5 Å². The number of aliphatic hydroxyl groups excluding tert-OH is 1. The monoisotopic (exact) mass is 495 g/mol. The molecule has 0 radical (unpaired) electrons. The zero-order chi connectivity index (χ0) is 21.3. The van der Waals surface area contributed by atoms with Crippen LogP contribution < -0.4 is 14.9 Å². The predicted molar refractivity (Wildman–Crippen MR) is 117 cm³/mol. The molecule has 4 N–H and O–H groups in total. The van der Waals surface area contributed by atoms with Crippen LogP contribution in [0, 0.1) is 5.92 Å². The SMILES string of the molecule is CNS(=O)(=O)c1ccc(N2CCCC(CO)C2)c(Nc2ncnc3n[nH]c(Br)c23)c1. The van der Waals surface area contributed by atoms with Gasteiger partial charge in [-0.15, -0.1) is 0 Å². The number of H-pyrrole nitrogens is 1. The minimum absolute atomic E-state index is 0.125. The topological polar surface area (TPSA) is 136 Å². The second-order valence-corrected chi connectivity index (χ2v) is 9.79. The molecule has 0 saturated carbocycles. The summed E-state index contributed by atoms with van der Waals surface area (Å²) in [5, 5.41) is 20.5. The molecule has 0 bridgehead atoms. The number of benzene rings is 1. The Bertz CT molecular complexity index is 1170. The fourth-order valence-electron chi connectivity index (χ4n) is 3.65. The van der Waals surface area contributed by atoms with Crippen LogP contribution in [0.5, 0.6) is 0 Å². The lowest BCUT2D eigenvalue weighted by molar-refractivity contribution is 0.209. The van der Waals surface area contributed by atoms with E-state index < -0.39 is 10.0 Å². The lowest BCUT2D eigenvalue weighted by Gasteiger charge is -2.35. The number of rotatable bonds is 6. The second-order valence-electron chi connectivity index (χ2n) is 7.11. The average Bonchev–Trinajstić information content (AvgIpc) is 3.15. The van der Waals surface area contributed by atoms with Crippen molar-refractivity contribution in [1.82, 2.24) is 24.9 Å². The number of nitrogens with one attached hydrogen (secondary N) is 3. The molecule has 3 aromatic rings. The van der Waals surface area contributed by atoms with E-state index >= 15 is 0 Å². The van der Waals surface area contributed by atoms with Gasteiger partial charge >= 0.3 is 0 Å². The Morgan fingerprint density at radius 2 is 2.20 bits per heavy atom. The summed E-state index contributed by atoms with van der Waals surface area (Å²) >= 11 is 3.42. The van der Waals surface area contributed by atoms with Crippen LogP contribution in [0.4, 0.5) is 17.2 Å². The van der Waals surface area contributed by atoms with Crippen LogP contribution in [0.2, 0.25) is 0 Å². The van der Waals surface area contributed by atoms with Gasteiger partial charge in [0.05, 0.1) is 21.7 Å². The minimum Gasteiger partial charge on any atom is -0.396 e. The number of aromatic amines is 1. The summed E-state index contributed by atoms with van der Waals surface area (Å²) in [6, 6.07) is 4.96. The van der Waals surface area contributed by atoms with Crippen LogP contribution in [0.3, 0.4) is 0 Å². The Morgan fingerprint density at radius 3 is 2.97 bits per heavy atom. The molecule has 4 rings (SSSR count). The zero-order valence-electron chi connectivity index (χ0n) is 16.3. The van der Waals surface area contributed by atoms with Gasteiger partial charge in [-0.3, -0.25) is 5.10 Å². The average molecular weight is 496 g/mol. The van der Waals surface area contributed by atoms with Crippen molar-refractivity contribution in [2.45, 2.75) is 17.7 Å². The van der Waals surface area contributed by atoms with Crippen molar-refractivity contribution in [1.29, 1.82) is 0 Å². The van der Waals surface area contributed by atoms with Crippen molar-refractivity contribution >= 4 is 54.2 Å². The Balaban J connectivity index is 1.80. The number of aliphatic hydroxyl groups is 1. The van der Waals surface area contributed by atoms with Gasteiger partial charge in [0.15, 0.2) is 5.65 Å². The molecule has 1 fully saturated rings. The number of anilines is 3. The fourth-order valence-corrected chi connectivity index (χ4v) is 4.86. The highest BCUT2D eigenvalue weighted by Gasteiger charge is 2.24. The number of sulfonamides is 1. The molecule has 1 aromatic carbocycles. The molecule has 3 heterocycles. The highest BCUT2D eigenvalue weighted by atomic mass is 79.9. The molecule has 160 valence electrons. The van der Waals surface area contributed by atoms with Gasteiger partial charge in [0.2, 0.25) is 10.0 Å². The molecule has 1 aliphatic heterocycles. The Hall–Kier alpha value is -2.28. The van der Waals surface area contributed by atoms with Gasteiger partial charge in [0, 0.05) is 19.7 Å². The number of halogens is 1. The molecular weight excluding hydrogens is 474 g/mol. The number of fused-ring (bicyclic) bond motifs is 1. The van der Waals surface area contributed by atoms with Crippen LogP contribution in [0.15, 0.2) is 34.0 Å². The summed E-state index contributed by atoms with van der Waals surface area (Å²) in [6.07, 6.45) is 3.32. The van der Waals surface area contributed by atoms with Gasteiger partial charge in [-0.2, -0.15) is 5.10 Å². The maximum Gasteiger partial charge on any atom is 0.240 e. The lowest BCUT2D eigenvalue weighted by atomic mass is 9.98. The van der Waals surface area contributed by atoms with E-state index in [0.717, 1.165) is 25.1 Å². The van der Waals surface area contributed by atoms with Crippen LogP contribution in [0.25, 0.3) is 11.0 Å². The van der Waals surface area contributed by atoms with Crippen molar-refractivity contribution < 1.29 is 13.5 Å². The molecular formula is C18H22BrN7O3S. The van der Waals surface area contributed by atoms with E-state index in [4.69, 9.17) is 0 Å². The second kappa shape index (κ2) is 8.46. The van der Waals surface area contributed by atoms with Gasteiger partial charge in [0.1, 0.15) is 16.7 Å². The molecule has 12 heteroatoms. The molecule has 1 saturated heterocycles. The minimum atomic E-state index is -3.62. The number of piperidine rings is 1. The maximum atomic E-state index is 12.4. The molecule has 1 aliphatic rings. The summed E-state index contributed by atoms with van der Waals surface area (Å²) < 4.78 is 27.7. The van der Waals surface area contributed by atoms with Crippen molar-refractivity contribution in [2.75, 3.05) is 37.0 Å². The Labute approximate surface area is 182 Å². The van der Waals surface area contributed by atoms with E-state index in [2.05, 4.69) is 51.0 Å². The Morgan fingerprint density at radius 1 is 1.37 bits per heavy atom. The maximum absolute atomic E-state index is 12.4. The first-order chi connectivity index (χ1) is 14.4. The van der Waals surface area contributed by atoms with E-state index in [1.807, 2.05) is 0 Å². The van der Waals surface area contributed by atoms with E-state index in [0.29, 0.717) is 33.7 Å². The van der Waals surface area contributed by atoms with Crippen LogP contribution in [-0.4, -0.2) is 60.4 Å². The molecule has 0 spiro atoms. The van der Waals surface area contributed by atoms with E-state index in [-0.39, 0.29) is 17.4 Å². The first-order valence-corrected chi connectivity index (χ1v) is 11.8. The largest absolute Gasteiger partial charge is 0.396 e. The van der Waals surface area contributed by atoms with Crippen molar-refractivity contribution in [3.8, 4) is 0 Å². The summed E-state index contributed by atoms with van der Waals surface area (Å²) in [4.78, 5) is 10.8. The van der Waals surface area contributed by atoms with Crippen LogP contribution in [0.1, 0.15) is 12.8 Å². The molecule has 1 unspecified atom stereocenters. The molecule has 10 nitrogen and oxygen atoms in total. The zero-order valence-corrected chi connectivity index (χ0v) is 18.7. The van der Waals surface area contributed by atoms with Gasteiger partial charge in [0.25, 0.3) is 0 Å². The summed E-state index contributed by atoms with van der Waals surface area (Å²) in [7, 11) is -2.25. The van der Waals surface area contributed by atoms with E-state index in [1.54, 1.807) is 18.2 Å². The normalized spacial score (nSPS) is 17.4. The summed E-state index contributed by atoms with van der Waals surface area (Å²) in [5.74, 6) is 0.678. The van der Waals surface area contributed by atoms with Crippen molar-refractivity contribution in [2.24, 2.45) is 5.92 Å². The van der Waals surface area contributed by atoms with E-state index in [1.165, 1.54) is 13.4 Å². The summed E-state index contributed by atoms with van der Waals surface area (Å²) in [5.41, 5.74) is 1.92. The molecule has 30 heavy (non-hydrogen) atoms. The van der Waals surface area contributed by atoms with Crippen molar-refractivity contribution in [3.05, 3.63) is 29.1 Å². The quantitative estimate of drug-likeness (QED) is 0.407. The third kappa shape index (κ3) is 4.00. The highest BCUT2D eigenvalue weighted by molar-refractivity contribution is 9.10. The number of hydrogen-bond donors (Lipinski definition) is 4. The van der Waals surface area contributed by atoms with Crippen molar-refractivity contribution in [3.63, 3.8) is 0 Å². The Kier molecular flexibility index (Phi) is 5.91. The van der Waals surface area contributed by atoms with Gasteiger partial charge < -0.3 is 15.3 Å². The smallest absolute Gasteiger partial charge is 0.240 e. The third-order valence-corrected chi connectivity index (χ3v) is 7.21.